The molecule has 0 aliphatic heterocycles. The van der Waals surface area contributed by atoms with Gasteiger partial charge >= 0.3 is 13.3 Å². The van der Waals surface area contributed by atoms with E-state index in [0.717, 1.165) is 0 Å². The highest BCUT2D eigenvalue weighted by atomic mass is 31.2. The zero-order valence-electron chi connectivity index (χ0n) is 16.6. The Morgan fingerprint density at radius 3 is 2.21 bits per heavy atom. The van der Waals surface area contributed by atoms with Crippen LogP contribution in [0.4, 0.5) is 0 Å². The molecule has 0 radical (unpaired) electrons. The lowest BCUT2D eigenvalue weighted by Crippen LogP contribution is -2.31. The van der Waals surface area contributed by atoms with Gasteiger partial charge in [-0.05, 0) is 33.3 Å². The average molecular weight is 410 g/mol. The molecule has 0 spiro atoms. The van der Waals surface area contributed by atoms with Gasteiger partial charge in [-0.25, -0.2) is 4.79 Å². The van der Waals surface area contributed by atoms with Crippen molar-refractivity contribution in [2.45, 2.75) is 46.4 Å². The van der Waals surface area contributed by atoms with Crippen LogP contribution in [0.5, 0.6) is 0 Å². The van der Waals surface area contributed by atoms with Crippen LogP contribution in [0.1, 0.15) is 27.7 Å². The van der Waals surface area contributed by atoms with Gasteiger partial charge in [0.05, 0.1) is 30.9 Å². The highest BCUT2D eigenvalue weighted by Gasteiger charge is 2.28. The number of ether oxygens (including phenoxy) is 1. The monoisotopic (exact) mass is 410 g/mol. The number of H-pyrrole nitrogens is 1. The van der Waals surface area contributed by atoms with Crippen LogP contribution in [-0.4, -0.2) is 34.7 Å². The molecule has 1 aromatic carbocycles. The summed E-state index contributed by atoms with van der Waals surface area (Å²) in [4.78, 5) is 26.5. The maximum atomic E-state index is 12.7. The van der Waals surface area contributed by atoms with Crippen molar-refractivity contribution < 1.29 is 18.3 Å². The molecule has 2 aromatic rings. The lowest BCUT2D eigenvalue weighted by atomic mass is 10.1. The van der Waals surface area contributed by atoms with Gasteiger partial charge in [0.25, 0.3) is 5.56 Å². The number of benzene rings is 1. The van der Waals surface area contributed by atoms with Gasteiger partial charge in [-0.3, -0.25) is 18.9 Å². The summed E-state index contributed by atoms with van der Waals surface area (Å²) < 4.78 is 30.3. The van der Waals surface area contributed by atoms with Crippen molar-refractivity contribution in [2.24, 2.45) is 0 Å². The highest BCUT2D eigenvalue weighted by Crippen LogP contribution is 2.50. The Bertz CT molecular complexity index is 906. The largest absolute Gasteiger partial charge is 0.367 e. The van der Waals surface area contributed by atoms with Crippen molar-refractivity contribution in [3.63, 3.8) is 0 Å². The number of aromatic amines is 1. The predicted molar refractivity (Wildman–Crippen MR) is 108 cm³/mol. The van der Waals surface area contributed by atoms with Crippen LogP contribution in [-0.2, 0) is 24.9 Å². The topological polar surface area (TPSA) is 99.6 Å². The number of rotatable bonds is 10. The van der Waals surface area contributed by atoms with Crippen molar-refractivity contribution >= 4 is 7.60 Å². The second-order valence-corrected chi connectivity index (χ2v) is 8.72. The Morgan fingerprint density at radius 1 is 1.04 bits per heavy atom. The van der Waals surface area contributed by atoms with Gasteiger partial charge in [0, 0.05) is 6.20 Å². The lowest BCUT2D eigenvalue weighted by Gasteiger charge is -2.22. The second kappa shape index (κ2) is 9.98. The summed E-state index contributed by atoms with van der Waals surface area (Å²) in [5, 5.41) is 0. The van der Waals surface area contributed by atoms with Gasteiger partial charge in [0.15, 0.2) is 0 Å². The van der Waals surface area contributed by atoms with E-state index in [1.165, 1.54) is 10.8 Å². The zero-order chi connectivity index (χ0) is 20.7. The van der Waals surface area contributed by atoms with E-state index in [-0.39, 0.29) is 31.7 Å². The summed E-state index contributed by atoms with van der Waals surface area (Å²) in [6, 6.07) is 9.05. The molecular formula is C19H27N2O6P. The average Bonchev–Trinajstić information content (AvgIpc) is 2.59. The molecule has 1 heterocycles. The third kappa shape index (κ3) is 6.56. The third-order valence-corrected chi connectivity index (χ3v) is 5.55. The van der Waals surface area contributed by atoms with Crippen LogP contribution >= 0.6 is 7.60 Å². The molecule has 0 atom stereocenters. The fourth-order valence-electron chi connectivity index (χ4n) is 2.57. The molecule has 8 nitrogen and oxygen atoms in total. The molecule has 154 valence electrons. The lowest BCUT2D eigenvalue weighted by molar-refractivity contribution is 0.0955. The van der Waals surface area contributed by atoms with Crippen LogP contribution in [0.3, 0.4) is 0 Å². The Balaban J connectivity index is 2.05. The summed E-state index contributed by atoms with van der Waals surface area (Å²) in [5.74, 6) is 0. The minimum atomic E-state index is -3.40. The quantitative estimate of drug-likeness (QED) is 0.477. The maximum Gasteiger partial charge on any atom is 0.356 e. The fourth-order valence-corrected chi connectivity index (χ4v) is 4.38. The Morgan fingerprint density at radius 2 is 1.64 bits per heavy atom. The van der Waals surface area contributed by atoms with E-state index in [9.17, 15) is 14.2 Å². The molecular weight excluding hydrogens is 383 g/mol. The molecule has 0 saturated heterocycles. The Kier molecular flexibility index (Phi) is 7.95. The van der Waals surface area contributed by atoms with Crippen molar-refractivity contribution in [3.05, 3.63) is 57.4 Å². The van der Waals surface area contributed by atoms with Gasteiger partial charge < -0.3 is 13.8 Å². The van der Waals surface area contributed by atoms with E-state index >= 15 is 0 Å². The fraction of sp³-hybridized carbons (Fsp3) is 0.474. The van der Waals surface area contributed by atoms with Crippen LogP contribution in [0.15, 0.2) is 46.1 Å². The summed E-state index contributed by atoms with van der Waals surface area (Å²) in [5.41, 5.74) is 0.109. The van der Waals surface area contributed by atoms with Crippen molar-refractivity contribution in [1.29, 1.82) is 0 Å². The van der Waals surface area contributed by atoms with E-state index in [1.54, 1.807) is 39.8 Å². The minimum absolute atomic E-state index is 0.104. The zero-order valence-corrected chi connectivity index (χ0v) is 17.5. The molecule has 0 bridgehead atoms. The van der Waals surface area contributed by atoms with Gasteiger partial charge in [0.1, 0.15) is 6.35 Å². The van der Waals surface area contributed by atoms with Crippen molar-refractivity contribution in [2.75, 3.05) is 13.0 Å². The molecule has 2 rings (SSSR count). The summed E-state index contributed by atoms with van der Waals surface area (Å²) >= 11 is 0. The van der Waals surface area contributed by atoms with Gasteiger partial charge in [-0.2, -0.15) is 0 Å². The first-order chi connectivity index (χ1) is 13.2. The summed E-state index contributed by atoms with van der Waals surface area (Å²) in [7, 11) is -3.40. The number of nitrogens with one attached hydrogen (secondary N) is 1. The summed E-state index contributed by atoms with van der Waals surface area (Å²) in [6.07, 6.45) is 0.730. The minimum Gasteiger partial charge on any atom is -0.367 e. The Hall–Kier alpha value is -1.99. The molecule has 9 heteroatoms. The molecule has 0 aliphatic carbocycles. The standard InChI is InChI=1S/C19H27N2O6P/c1-14(2)26-28(24,27-15(3)4)13-25-11-10-21-12-17(18(22)20-19(21)23)16-8-6-5-7-9-16/h5-9,12,14-15H,10-11,13H2,1-4H3,(H,20,22,23). The van der Waals surface area contributed by atoms with Gasteiger partial charge in [-0.15, -0.1) is 0 Å². The van der Waals surface area contributed by atoms with E-state index < -0.39 is 18.8 Å². The van der Waals surface area contributed by atoms with Gasteiger partial charge in [-0.1, -0.05) is 30.3 Å². The molecule has 0 unspecified atom stereocenters. The van der Waals surface area contributed by atoms with E-state index in [4.69, 9.17) is 13.8 Å². The van der Waals surface area contributed by atoms with Crippen LogP contribution in [0, 0.1) is 0 Å². The first-order valence-corrected chi connectivity index (χ1v) is 10.9. The van der Waals surface area contributed by atoms with Crippen LogP contribution < -0.4 is 11.2 Å². The molecule has 0 saturated carbocycles. The smallest absolute Gasteiger partial charge is 0.356 e. The molecule has 0 amide bonds. The maximum absolute atomic E-state index is 12.7. The van der Waals surface area contributed by atoms with E-state index in [1.807, 2.05) is 18.2 Å². The third-order valence-electron chi connectivity index (χ3n) is 3.56. The molecule has 0 fully saturated rings. The van der Waals surface area contributed by atoms with Crippen molar-refractivity contribution in [3.8, 4) is 11.1 Å². The normalized spacial score (nSPS) is 12.1. The summed E-state index contributed by atoms with van der Waals surface area (Å²) in [6.45, 7) is 7.34. The first-order valence-electron chi connectivity index (χ1n) is 9.13. The second-order valence-electron chi connectivity index (χ2n) is 6.82. The van der Waals surface area contributed by atoms with E-state index in [0.29, 0.717) is 11.1 Å². The number of hydrogen-bond acceptors (Lipinski definition) is 6. The van der Waals surface area contributed by atoms with Crippen LogP contribution in [0.2, 0.25) is 0 Å². The molecule has 1 N–H and O–H groups in total. The predicted octanol–water partition coefficient (Wildman–Crippen LogP) is 3.22. The molecule has 1 aromatic heterocycles. The van der Waals surface area contributed by atoms with Gasteiger partial charge in [0.2, 0.25) is 0 Å². The molecule has 28 heavy (non-hydrogen) atoms. The molecule has 0 aliphatic rings. The Labute approximate surface area is 164 Å². The number of hydrogen-bond donors (Lipinski definition) is 1. The highest BCUT2D eigenvalue weighted by molar-refractivity contribution is 7.53. The van der Waals surface area contributed by atoms with E-state index in [2.05, 4.69) is 4.98 Å². The first kappa shape index (κ1) is 22.3. The van der Waals surface area contributed by atoms with Crippen LogP contribution in [0.25, 0.3) is 11.1 Å². The SMILES string of the molecule is CC(C)OP(=O)(COCCn1cc(-c2ccccc2)c(=O)[nH]c1=O)OC(C)C. The number of nitrogens with zero attached hydrogens (tertiary/aromatic N) is 1. The van der Waals surface area contributed by atoms with Crippen molar-refractivity contribution in [1.82, 2.24) is 9.55 Å². The number of aromatic nitrogens is 2.